The van der Waals surface area contributed by atoms with E-state index >= 15 is 0 Å². The van der Waals surface area contributed by atoms with E-state index in [-0.39, 0.29) is 17.9 Å². The average Bonchev–Trinajstić information content (AvgIpc) is 2.31. The summed E-state index contributed by atoms with van der Waals surface area (Å²) >= 11 is 6.15. The Hall–Kier alpha value is -1.06. The van der Waals surface area contributed by atoms with Crippen LogP contribution in [0.5, 0.6) is 0 Å². The zero-order chi connectivity index (χ0) is 13.7. The molecule has 1 rings (SSSR count). The number of carbonyl (C=O) groups is 1. The summed E-state index contributed by atoms with van der Waals surface area (Å²) in [7, 11) is 1.40. The second kappa shape index (κ2) is 6.76. The molecule has 1 aromatic rings. The summed E-state index contributed by atoms with van der Waals surface area (Å²) in [6.07, 6.45) is 0. The van der Waals surface area contributed by atoms with Gasteiger partial charge in [0.05, 0.1) is 7.11 Å². The molecule has 0 saturated carbocycles. The van der Waals surface area contributed by atoms with Crippen LogP contribution in [0, 0.1) is 12.8 Å². The summed E-state index contributed by atoms with van der Waals surface area (Å²) in [5.41, 5.74) is 2.11. The van der Waals surface area contributed by atoms with Gasteiger partial charge < -0.3 is 10.1 Å². The maximum Gasteiger partial charge on any atom is 0.323 e. The molecule has 0 aromatic heterocycles. The molecule has 0 heterocycles. The number of benzene rings is 1. The first-order chi connectivity index (χ1) is 8.45. The lowest BCUT2D eigenvalue weighted by molar-refractivity contribution is -0.144. The first-order valence-corrected chi connectivity index (χ1v) is 6.39. The van der Waals surface area contributed by atoms with E-state index in [2.05, 4.69) is 5.32 Å². The predicted molar refractivity (Wildman–Crippen MR) is 73.7 cm³/mol. The van der Waals surface area contributed by atoms with Crippen LogP contribution in [0.3, 0.4) is 0 Å². The Labute approximate surface area is 113 Å². The van der Waals surface area contributed by atoms with Gasteiger partial charge in [-0.25, -0.2) is 0 Å². The van der Waals surface area contributed by atoms with Crippen LogP contribution in [0.1, 0.15) is 25.0 Å². The SMILES string of the molecule is COC(=O)C(NCc1ccc(C)cc1Cl)C(C)C. The standard InChI is InChI=1S/C14H20ClNO2/c1-9(2)13(14(17)18-4)16-8-11-6-5-10(3)7-12(11)15/h5-7,9,13,16H,8H2,1-4H3. The smallest absolute Gasteiger partial charge is 0.323 e. The average molecular weight is 270 g/mol. The summed E-state index contributed by atoms with van der Waals surface area (Å²) in [4.78, 5) is 11.6. The van der Waals surface area contributed by atoms with Gasteiger partial charge in [-0.15, -0.1) is 0 Å². The summed E-state index contributed by atoms with van der Waals surface area (Å²) in [5, 5.41) is 3.90. The number of methoxy groups -OCH3 is 1. The fourth-order valence-corrected chi connectivity index (χ4v) is 2.04. The van der Waals surface area contributed by atoms with Crippen LogP contribution in [0.2, 0.25) is 5.02 Å². The Morgan fingerprint density at radius 2 is 2.11 bits per heavy atom. The molecule has 0 radical (unpaired) electrons. The van der Waals surface area contributed by atoms with Crippen molar-refractivity contribution in [1.82, 2.24) is 5.32 Å². The fourth-order valence-electron chi connectivity index (χ4n) is 1.73. The summed E-state index contributed by atoms with van der Waals surface area (Å²) in [5.74, 6) is -0.0742. The Kier molecular flexibility index (Phi) is 5.63. The molecule has 0 bridgehead atoms. The van der Waals surface area contributed by atoms with Crippen molar-refractivity contribution in [3.63, 3.8) is 0 Å². The molecule has 1 unspecified atom stereocenters. The molecule has 4 heteroatoms. The van der Waals surface area contributed by atoms with Gasteiger partial charge >= 0.3 is 5.97 Å². The van der Waals surface area contributed by atoms with E-state index in [0.717, 1.165) is 16.1 Å². The van der Waals surface area contributed by atoms with Crippen molar-refractivity contribution in [2.75, 3.05) is 7.11 Å². The van der Waals surface area contributed by atoms with E-state index in [4.69, 9.17) is 16.3 Å². The Bertz CT molecular complexity index is 418. The molecule has 18 heavy (non-hydrogen) atoms. The monoisotopic (exact) mass is 269 g/mol. The molecule has 1 atom stereocenters. The lowest BCUT2D eigenvalue weighted by atomic mass is 10.0. The van der Waals surface area contributed by atoms with Crippen molar-refractivity contribution in [2.24, 2.45) is 5.92 Å². The third kappa shape index (κ3) is 4.00. The first-order valence-electron chi connectivity index (χ1n) is 6.02. The highest BCUT2D eigenvalue weighted by Crippen LogP contribution is 2.18. The third-order valence-corrected chi connectivity index (χ3v) is 3.19. The first kappa shape index (κ1) is 15.0. The summed E-state index contributed by atoms with van der Waals surface area (Å²) in [6, 6.07) is 5.58. The van der Waals surface area contributed by atoms with Gasteiger partial charge in [-0.2, -0.15) is 0 Å². The number of halogens is 1. The van der Waals surface area contributed by atoms with Gasteiger partial charge in [0, 0.05) is 11.6 Å². The molecular weight excluding hydrogens is 250 g/mol. The molecule has 0 aliphatic heterocycles. The van der Waals surface area contributed by atoms with E-state index in [1.807, 2.05) is 39.0 Å². The van der Waals surface area contributed by atoms with Crippen molar-refractivity contribution >= 4 is 17.6 Å². The van der Waals surface area contributed by atoms with E-state index in [9.17, 15) is 4.79 Å². The minimum Gasteiger partial charge on any atom is -0.468 e. The van der Waals surface area contributed by atoms with Gasteiger partial charge in [0.15, 0.2) is 0 Å². The van der Waals surface area contributed by atoms with Crippen LogP contribution in [0.25, 0.3) is 0 Å². The van der Waals surface area contributed by atoms with E-state index in [1.165, 1.54) is 7.11 Å². The van der Waals surface area contributed by atoms with Gasteiger partial charge in [0.1, 0.15) is 6.04 Å². The second-order valence-electron chi connectivity index (χ2n) is 4.72. The van der Waals surface area contributed by atoms with Gasteiger partial charge in [0.2, 0.25) is 0 Å². The maximum atomic E-state index is 11.6. The van der Waals surface area contributed by atoms with Gasteiger partial charge in [-0.3, -0.25) is 4.79 Å². The van der Waals surface area contributed by atoms with E-state index < -0.39 is 0 Å². The zero-order valence-electron chi connectivity index (χ0n) is 11.3. The van der Waals surface area contributed by atoms with Crippen molar-refractivity contribution in [1.29, 1.82) is 0 Å². The summed E-state index contributed by atoms with van der Waals surface area (Å²) in [6.45, 7) is 6.50. The number of hydrogen-bond donors (Lipinski definition) is 1. The minimum atomic E-state index is -0.313. The van der Waals surface area contributed by atoms with Crippen LogP contribution >= 0.6 is 11.6 Å². The number of carbonyl (C=O) groups excluding carboxylic acids is 1. The van der Waals surface area contributed by atoms with Crippen molar-refractivity contribution in [3.05, 3.63) is 34.3 Å². The third-order valence-electron chi connectivity index (χ3n) is 2.84. The van der Waals surface area contributed by atoms with Gasteiger partial charge in [0.25, 0.3) is 0 Å². The highest BCUT2D eigenvalue weighted by Gasteiger charge is 2.22. The van der Waals surface area contributed by atoms with Crippen LogP contribution in [0.15, 0.2) is 18.2 Å². The van der Waals surface area contributed by atoms with Crippen LogP contribution < -0.4 is 5.32 Å². The van der Waals surface area contributed by atoms with Crippen LogP contribution in [-0.2, 0) is 16.1 Å². The number of esters is 1. The topological polar surface area (TPSA) is 38.3 Å². The van der Waals surface area contributed by atoms with Crippen LogP contribution in [-0.4, -0.2) is 19.1 Å². The van der Waals surface area contributed by atoms with E-state index in [1.54, 1.807) is 0 Å². The quantitative estimate of drug-likeness (QED) is 0.836. The predicted octanol–water partition coefficient (Wildman–Crippen LogP) is 2.94. The Morgan fingerprint density at radius 1 is 1.44 bits per heavy atom. The lowest BCUT2D eigenvalue weighted by Crippen LogP contribution is -2.41. The van der Waals surface area contributed by atoms with Crippen molar-refractivity contribution in [2.45, 2.75) is 33.4 Å². The second-order valence-corrected chi connectivity index (χ2v) is 5.13. The molecule has 0 spiro atoms. The molecule has 1 aromatic carbocycles. The maximum absolute atomic E-state index is 11.6. The molecular formula is C14H20ClNO2. The molecule has 100 valence electrons. The fraction of sp³-hybridized carbons (Fsp3) is 0.500. The highest BCUT2D eigenvalue weighted by molar-refractivity contribution is 6.31. The molecule has 0 aliphatic carbocycles. The molecule has 0 amide bonds. The van der Waals surface area contributed by atoms with Gasteiger partial charge in [-0.1, -0.05) is 37.6 Å². The molecule has 0 saturated heterocycles. The largest absolute Gasteiger partial charge is 0.468 e. The minimum absolute atomic E-state index is 0.168. The van der Waals surface area contributed by atoms with Crippen molar-refractivity contribution < 1.29 is 9.53 Å². The number of aryl methyl sites for hydroxylation is 1. The number of nitrogens with one attached hydrogen (secondary N) is 1. The molecule has 0 aliphatic rings. The Balaban J connectivity index is 2.70. The normalized spacial score (nSPS) is 12.6. The zero-order valence-corrected chi connectivity index (χ0v) is 12.0. The number of rotatable bonds is 5. The number of ether oxygens (including phenoxy) is 1. The summed E-state index contributed by atoms with van der Waals surface area (Å²) < 4.78 is 4.78. The molecule has 0 fully saturated rings. The molecule has 3 nitrogen and oxygen atoms in total. The van der Waals surface area contributed by atoms with E-state index in [0.29, 0.717) is 6.54 Å². The Morgan fingerprint density at radius 3 is 2.61 bits per heavy atom. The van der Waals surface area contributed by atoms with Gasteiger partial charge in [-0.05, 0) is 30.0 Å². The van der Waals surface area contributed by atoms with Crippen molar-refractivity contribution in [3.8, 4) is 0 Å². The molecule has 1 N–H and O–H groups in total. The highest BCUT2D eigenvalue weighted by atomic mass is 35.5. The van der Waals surface area contributed by atoms with Crippen LogP contribution in [0.4, 0.5) is 0 Å². The number of hydrogen-bond acceptors (Lipinski definition) is 3. The lowest BCUT2D eigenvalue weighted by Gasteiger charge is -2.20.